The molecule has 0 aliphatic carbocycles. The Morgan fingerprint density at radius 2 is 1.00 bits per heavy atom. The van der Waals surface area contributed by atoms with E-state index < -0.39 is 20.1 Å². The van der Waals surface area contributed by atoms with Gasteiger partial charge in [0.1, 0.15) is 24.6 Å². The molecular weight excluding hydrogens is 727 g/mol. The average molecular weight is 779 g/mol. The average Bonchev–Trinajstić information content (AvgIpc) is 3.63. The molecule has 4 aromatic carbocycles. The number of nitrogens with zero attached hydrogens (tertiary/aromatic N) is 2. The lowest BCUT2D eigenvalue weighted by Gasteiger charge is -2.10. The standard InChI is InChI=1S/C44H51N4O7P/c1-3-39-37(25-31-13-7-5-8-14-31)35-19-17-33(27-41(35)47(39)29-43(45)49)52-21-11-23-54-56(51)55-24-12-22-53-34-18-20-36-38(26-32-15-9-6-10-16-32)40(4-2)48(30-44(46)50)42(36)28-34/h5-10,13-20,27-28,56H,3-4,11-12,21-26,29-30H2,1-2H3,(H2,45,49)(H2,46,50). The van der Waals surface area contributed by atoms with Crippen LogP contribution in [0.5, 0.6) is 11.5 Å². The number of aromatic nitrogens is 2. The van der Waals surface area contributed by atoms with Crippen LogP contribution in [0.3, 0.4) is 0 Å². The van der Waals surface area contributed by atoms with Crippen molar-refractivity contribution in [2.24, 2.45) is 11.5 Å². The van der Waals surface area contributed by atoms with Crippen LogP contribution in [0.25, 0.3) is 21.8 Å². The van der Waals surface area contributed by atoms with Crippen LogP contribution in [0, 0.1) is 0 Å². The summed E-state index contributed by atoms with van der Waals surface area (Å²) in [7, 11) is -2.69. The Hall–Kier alpha value is -5.35. The smallest absolute Gasteiger partial charge is 0.319 e. The Kier molecular flexibility index (Phi) is 14.0. The van der Waals surface area contributed by atoms with E-state index in [1.165, 1.54) is 22.3 Å². The molecule has 11 nitrogen and oxygen atoms in total. The van der Waals surface area contributed by atoms with E-state index in [4.69, 9.17) is 30.0 Å². The highest BCUT2D eigenvalue weighted by atomic mass is 31.1. The number of carbonyl (C=O) groups excluding carboxylic acids is 2. The molecule has 0 aliphatic heterocycles. The number of hydrogen-bond donors (Lipinski definition) is 2. The highest BCUT2D eigenvalue weighted by Gasteiger charge is 2.20. The van der Waals surface area contributed by atoms with E-state index in [2.05, 4.69) is 38.1 Å². The van der Waals surface area contributed by atoms with Crippen LogP contribution in [-0.4, -0.2) is 47.4 Å². The second-order valence-electron chi connectivity index (χ2n) is 13.7. The molecule has 294 valence electrons. The lowest BCUT2D eigenvalue weighted by molar-refractivity contribution is -0.119. The quantitative estimate of drug-likeness (QED) is 0.0534. The minimum Gasteiger partial charge on any atom is -0.493 e. The lowest BCUT2D eigenvalue weighted by atomic mass is 10.0. The number of nitrogens with two attached hydrogens (primary N) is 2. The largest absolute Gasteiger partial charge is 0.493 e. The molecule has 2 amide bonds. The molecule has 2 aromatic heterocycles. The maximum atomic E-state index is 12.4. The summed E-state index contributed by atoms with van der Waals surface area (Å²) in [4.78, 5) is 24.1. The first kappa shape index (κ1) is 40.3. The van der Waals surface area contributed by atoms with Crippen LogP contribution in [0.1, 0.15) is 60.3 Å². The summed E-state index contributed by atoms with van der Waals surface area (Å²) in [5.41, 5.74) is 20.0. The second kappa shape index (κ2) is 19.5. The number of benzene rings is 4. The predicted octanol–water partition coefficient (Wildman–Crippen LogP) is 7.53. The van der Waals surface area contributed by atoms with Gasteiger partial charge in [0.15, 0.2) is 0 Å². The summed E-state index contributed by atoms with van der Waals surface area (Å²) in [6.07, 6.45) is 4.03. The minimum absolute atomic E-state index is 0.0885. The lowest BCUT2D eigenvalue weighted by Crippen LogP contribution is -2.20. The van der Waals surface area contributed by atoms with Gasteiger partial charge in [-0.25, -0.2) is 0 Å². The molecule has 56 heavy (non-hydrogen) atoms. The molecule has 0 aliphatic rings. The normalized spacial score (nSPS) is 11.5. The summed E-state index contributed by atoms with van der Waals surface area (Å²) in [6.45, 7) is 5.48. The SMILES string of the molecule is CCc1c(Cc2ccccc2)c2ccc(OCCCO[PH](=O)OCCCOc3ccc4c(Cc5ccccc5)c(CC)n(CC(N)=O)c4c3)cc2n1CC(N)=O. The number of ether oxygens (including phenoxy) is 2. The van der Waals surface area contributed by atoms with Crippen molar-refractivity contribution < 1.29 is 32.7 Å². The molecule has 0 spiro atoms. The van der Waals surface area contributed by atoms with E-state index >= 15 is 0 Å². The third-order valence-corrected chi connectivity index (χ3v) is 10.7. The van der Waals surface area contributed by atoms with E-state index in [0.29, 0.717) is 37.6 Å². The molecule has 0 bridgehead atoms. The van der Waals surface area contributed by atoms with Gasteiger partial charge in [0, 0.05) is 47.1 Å². The van der Waals surface area contributed by atoms with Gasteiger partial charge in [0.25, 0.3) is 0 Å². The van der Waals surface area contributed by atoms with Crippen molar-refractivity contribution in [2.75, 3.05) is 26.4 Å². The summed E-state index contributed by atoms with van der Waals surface area (Å²) >= 11 is 0. The Balaban J connectivity index is 0.962. The van der Waals surface area contributed by atoms with Gasteiger partial charge in [-0.2, -0.15) is 0 Å². The second-order valence-corrected chi connectivity index (χ2v) is 14.8. The molecule has 0 fully saturated rings. The minimum atomic E-state index is -2.69. The van der Waals surface area contributed by atoms with Gasteiger partial charge < -0.3 is 39.1 Å². The fraction of sp³-hybridized carbons (Fsp3) is 0.318. The Labute approximate surface area is 328 Å². The van der Waals surface area contributed by atoms with E-state index in [1.54, 1.807) is 0 Å². The molecule has 0 unspecified atom stereocenters. The number of carbonyl (C=O) groups is 2. The van der Waals surface area contributed by atoms with Crippen LogP contribution < -0.4 is 20.9 Å². The molecule has 0 saturated heterocycles. The Bertz CT molecular complexity index is 2130. The third-order valence-electron chi connectivity index (χ3n) is 9.82. The van der Waals surface area contributed by atoms with E-state index in [1.807, 2.05) is 81.9 Å². The fourth-order valence-corrected chi connectivity index (χ4v) is 8.12. The van der Waals surface area contributed by atoms with Gasteiger partial charge in [-0.1, -0.05) is 74.5 Å². The van der Waals surface area contributed by atoms with Crippen LogP contribution in [-0.2, 0) is 62.0 Å². The van der Waals surface area contributed by atoms with E-state index in [0.717, 1.165) is 58.9 Å². The van der Waals surface area contributed by atoms with Gasteiger partial charge >= 0.3 is 8.25 Å². The van der Waals surface area contributed by atoms with Crippen molar-refractivity contribution in [3.05, 3.63) is 131 Å². The van der Waals surface area contributed by atoms with Crippen molar-refractivity contribution >= 4 is 41.9 Å². The van der Waals surface area contributed by atoms with Crippen molar-refractivity contribution in [3.63, 3.8) is 0 Å². The number of hydrogen-bond acceptors (Lipinski definition) is 7. The first-order chi connectivity index (χ1) is 27.2. The van der Waals surface area contributed by atoms with Crippen molar-refractivity contribution in [1.82, 2.24) is 9.13 Å². The van der Waals surface area contributed by atoms with E-state index in [9.17, 15) is 14.2 Å². The molecule has 0 saturated carbocycles. The van der Waals surface area contributed by atoms with Crippen LogP contribution >= 0.6 is 8.25 Å². The zero-order valence-corrected chi connectivity index (χ0v) is 33.1. The van der Waals surface area contributed by atoms with Gasteiger partial charge in [-0.3, -0.25) is 14.2 Å². The van der Waals surface area contributed by atoms with Crippen LogP contribution in [0.15, 0.2) is 97.1 Å². The molecule has 6 rings (SSSR count). The van der Waals surface area contributed by atoms with Gasteiger partial charge in [-0.15, -0.1) is 0 Å². The molecule has 0 atom stereocenters. The number of rotatable bonds is 22. The monoisotopic (exact) mass is 778 g/mol. The number of amides is 2. The number of primary amides is 2. The van der Waals surface area contributed by atoms with Crippen molar-refractivity contribution in [1.29, 1.82) is 0 Å². The highest BCUT2D eigenvalue weighted by molar-refractivity contribution is 7.33. The van der Waals surface area contributed by atoms with Crippen LogP contribution in [0.2, 0.25) is 0 Å². The summed E-state index contributed by atoms with van der Waals surface area (Å²) in [5, 5.41) is 2.14. The topological polar surface area (TPSA) is 150 Å². The number of fused-ring (bicyclic) bond motifs is 2. The maximum Gasteiger partial charge on any atom is 0.319 e. The fourth-order valence-electron chi connectivity index (χ4n) is 7.41. The molecule has 4 N–H and O–H groups in total. The zero-order valence-electron chi connectivity index (χ0n) is 32.1. The zero-order chi connectivity index (χ0) is 39.4. The van der Waals surface area contributed by atoms with Gasteiger partial charge in [0.2, 0.25) is 11.8 Å². The molecular formula is C44H51N4O7P. The van der Waals surface area contributed by atoms with Crippen molar-refractivity contribution in [3.8, 4) is 11.5 Å². The first-order valence-corrected chi connectivity index (χ1v) is 20.5. The molecule has 6 aromatic rings. The summed E-state index contributed by atoms with van der Waals surface area (Å²) in [6, 6.07) is 32.4. The van der Waals surface area contributed by atoms with Gasteiger partial charge in [-0.05, 0) is 72.2 Å². The molecule has 2 heterocycles. The molecule has 0 radical (unpaired) electrons. The Morgan fingerprint density at radius 3 is 1.38 bits per heavy atom. The van der Waals surface area contributed by atoms with Gasteiger partial charge in [0.05, 0.1) is 37.5 Å². The third kappa shape index (κ3) is 10.1. The molecule has 12 heteroatoms. The summed E-state index contributed by atoms with van der Waals surface area (Å²) in [5.74, 6) is 0.526. The highest BCUT2D eigenvalue weighted by Crippen LogP contribution is 2.34. The maximum absolute atomic E-state index is 12.4. The van der Waals surface area contributed by atoms with E-state index in [-0.39, 0.29) is 26.3 Å². The summed E-state index contributed by atoms with van der Waals surface area (Å²) < 4.78 is 39.3. The van der Waals surface area contributed by atoms with Crippen LogP contribution in [0.4, 0.5) is 0 Å². The first-order valence-electron chi connectivity index (χ1n) is 19.2. The predicted molar refractivity (Wildman–Crippen MR) is 221 cm³/mol. The van der Waals surface area contributed by atoms with Crippen molar-refractivity contribution in [2.45, 2.75) is 65.5 Å². The Morgan fingerprint density at radius 1 is 0.589 bits per heavy atom.